The minimum absolute atomic E-state index is 0.110. The number of aryl methyl sites for hydroxylation is 1. The first-order valence-corrected chi connectivity index (χ1v) is 41.5. The predicted octanol–water partition coefficient (Wildman–Crippen LogP) is 14.6. The van der Waals surface area contributed by atoms with Crippen molar-refractivity contribution in [1.29, 1.82) is 0 Å². The second kappa shape index (κ2) is 36.2. The highest BCUT2D eigenvalue weighted by atomic mass is 32.2. The van der Waals surface area contributed by atoms with Gasteiger partial charge in [-0.15, -0.1) is 0 Å². The van der Waals surface area contributed by atoms with Crippen LogP contribution in [0.15, 0.2) is 156 Å². The topological polar surface area (TPSA) is 243 Å². The number of benzene rings is 6. The molecular formula is C86H109N7O13S2. The van der Waals surface area contributed by atoms with Gasteiger partial charge in [0.1, 0.15) is 6.54 Å². The summed E-state index contributed by atoms with van der Waals surface area (Å²) in [6.45, 7) is 23.1. The molecule has 0 atom stereocenters. The van der Waals surface area contributed by atoms with Crippen LogP contribution in [0.5, 0.6) is 0 Å². The molecule has 0 unspecified atom stereocenters. The molecule has 0 bridgehead atoms. The predicted molar refractivity (Wildman–Crippen MR) is 429 cm³/mol. The second-order valence-electron chi connectivity index (χ2n) is 30.9. The van der Waals surface area contributed by atoms with Gasteiger partial charge in [-0.3, -0.25) is 14.1 Å². The zero-order chi connectivity index (χ0) is 76.8. The van der Waals surface area contributed by atoms with Crippen LogP contribution in [0.25, 0.3) is 32.8 Å². The SMILES string of the molecule is Cc1nn(-c2ccc(C(=O)N(C)C)c(NCCCOCCOCCOCCOCCOCCCNCc3ccc(C4=C(/C=C/C5=[N+](CCCCS(=O)(=O)[O-])c6ccc7ccccc7c6C5(C)C)CCC/C4=C\C=C4\N(CCCCS(=O)(=O)O)c5ccc6ccccc6c5C4(C)C)cc3)c2)c2c1C(=O)CC(C)(C)C2. The van der Waals surface area contributed by atoms with E-state index in [1.165, 1.54) is 38.6 Å². The molecular weight excluding hydrogens is 1400 g/mol. The number of amides is 1. The average molecular weight is 1510 g/mol. The number of ether oxygens (including phenoxy) is 5. The summed E-state index contributed by atoms with van der Waals surface area (Å²) in [7, 11) is -4.99. The normalized spacial score (nSPS) is 17.0. The Kier molecular flexibility index (Phi) is 27.2. The fraction of sp³-hybridized carbons (Fsp3) is 0.465. The fourth-order valence-electron chi connectivity index (χ4n) is 15.9. The fourth-order valence-corrected chi connectivity index (χ4v) is 17.1. The van der Waals surface area contributed by atoms with E-state index in [2.05, 4.69) is 183 Å². The quantitative estimate of drug-likeness (QED) is 0.0184. The molecule has 0 fully saturated rings. The first-order chi connectivity index (χ1) is 51.7. The van der Waals surface area contributed by atoms with Gasteiger partial charge < -0.3 is 48.7 Å². The van der Waals surface area contributed by atoms with E-state index in [4.69, 9.17) is 28.8 Å². The van der Waals surface area contributed by atoms with Crippen molar-refractivity contribution >= 4 is 81.8 Å². The number of allylic oxidation sites excluding steroid dienone is 8. The molecule has 0 saturated carbocycles. The van der Waals surface area contributed by atoms with Gasteiger partial charge in [0.2, 0.25) is 5.69 Å². The molecule has 3 heterocycles. The number of hydrogen-bond donors (Lipinski definition) is 3. The Morgan fingerprint density at radius 1 is 0.676 bits per heavy atom. The first kappa shape index (κ1) is 81.0. The molecule has 2 aliphatic carbocycles. The van der Waals surface area contributed by atoms with Gasteiger partial charge in [0, 0.05) is 106 Å². The second-order valence-corrected chi connectivity index (χ2v) is 33.9. The van der Waals surface area contributed by atoms with Gasteiger partial charge in [-0.05, 0) is 182 Å². The molecule has 0 saturated heterocycles. The van der Waals surface area contributed by atoms with Crippen LogP contribution in [-0.2, 0) is 67.7 Å². The summed E-state index contributed by atoms with van der Waals surface area (Å²) in [5, 5.41) is 16.5. The van der Waals surface area contributed by atoms with Crippen LogP contribution in [0.1, 0.15) is 160 Å². The highest BCUT2D eigenvalue weighted by Crippen LogP contribution is 2.52. The lowest BCUT2D eigenvalue weighted by Gasteiger charge is -2.29. The molecule has 1 amide bonds. The summed E-state index contributed by atoms with van der Waals surface area (Å²) in [6, 6.07) is 40.1. The highest BCUT2D eigenvalue weighted by Gasteiger charge is 2.46. The van der Waals surface area contributed by atoms with Crippen molar-refractivity contribution in [2.24, 2.45) is 5.41 Å². The van der Waals surface area contributed by atoms with Gasteiger partial charge in [-0.25, -0.2) is 13.1 Å². The summed E-state index contributed by atoms with van der Waals surface area (Å²) in [4.78, 5) is 30.2. The third kappa shape index (κ3) is 20.1. The largest absolute Gasteiger partial charge is 0.748 e. The van der Waals surface area contributed by atoms with Crippen molar-refractivity contribution in [3.05, 3.63) is 201 Å². The van der Waals surface area contributed by atoms with E-state index in [0.717, 1.165) is 100 Å². The molecule has 7 aromatic rings. The minimum Gasteiger partial charge on any atom is -0.748 e. The maximum absolute atomic E-state index is 13.2. The summed E-state index contributed by atoms with van der Waals surface area (Å²) in [5.74, 6) is -0.681. The Hall–Kier alpha value is -8.00. The van der Waals surface area contributed by atoms with Gasteiger partial charge in [-0.2, -0.15) is 18.1 Å². The Morgan fingerprint density at radius 3 is 1.94 bits per heavy atom. The lowest BCUT2D eigenvalue weighted by Crippen LogP contribution is -2.28. The van der Waals surface area contributed by atoms with E-state index in [0.29, 0.717) is 141 Å². The molecule has 20 nitrogen and oxygen atoms in total. The molecule has 11 rings (SSSR count). The van der Waals surface area contributed by atoms with Crippen molar-refractivity contribution in [2.45, 2.75) is 136 Å². The number of carbonyl (C=O) groups is 2. The van der Waals surface area contributed by atoms with Crippen LogP contribution in [0, 0.1) is 12.3 Å². The maximum atomic E-state index is 13.2. The molecule has 0 radical (unpaired) electrons. The number of ketones is 1. The minimum atomic E-state index is -4.35. The molecule has 0 spiro atoms. The zero-order valence-electron chi connectivity index (χ0n) is 64.5. The molecule has 108 heavy (non-hydrogen) atoms. The van der Waals surface area contributed by atoms with Gasteiger partial charge in [0.25, 0.3) is 16.0 Å². The number of rotatable bonds is 39. The van der Waals surface area contributed by atoms with E-state index >= 15 is 0 Å². The number of Topliss-reactive ketones (excluding diaryl/α,β-unsaturated/α-hetero) is 1. The third-order valence-corrected chi connectivity index (χ3v) is 22.7. The molecule has 4 aliphatic rings. The van der Waals surface area contributed by atoms with E-state index < -0.39 is 36.8 Å². The molecule has 22 heteroatoms. The summed E-state index contributed by atoms with van der Waals surface area (Å²) < 4.78 is 102. The number of nitrogens with zero attached hydrogens (tertiary/aromatic N) is 5. The third-order valence-electron chi connectivity index (χ3n) is 21.1. The summed E-state index contributed by atoms with van der Waals surface area (Å²) in [6.07, 6.45) is 16.3. The van der Waals surface area contributed by atoms with E-state index in [9.17, 15) is 35.5 Å². The van der Waals surface area contributed by atoms with E-state index in [1.807, 2.05) is 29.8 Å². The number of aromatic nitrogens is 2. The Labute approximate surface area is 638 Å². The lowest BCUT2D eigenvalue weighted by atomic mass is 9.75. The molecule has 6 aromatic carbocycles. The molecule has 3 N–H and O–H groups in total. The molecule has 2 aliphatic heterocycles. The number of hydrogen-bond acceptors (Lipinski definition) is 16. The standard InChI is InChI=1S/C86H109N7O13S2/c1-61-79-75(58-84(2,3)59-76(79)94)93(89-61)68-35-36-71(83(95)90(8)9)72(57-68)88-42-20-46-103-48-50-105-52-54-106-53-51-104-49-47-102-45-19-41-87-60-62-27-29-67(30-28-62)80-65(33-39-77-85(4,5)81-69-25-12-10-21-63(69)31-37-73(81)91(77)43-14-16-55-107(96,97)98)23-18-24-66(80)34-40-78-86(6,7)82-70-26-13-11-22-64(70)32-38-74(82)92(78)44-15-17-56-108(99,100)101/h10-13,21-22,25-40,57,87H,14-20,23-24,41-56,58-60H2,1-9H3,(H2-,88,95,96,97,98,99,100,101). The van der Waals surface area contributed by atoms with E-state index in [-0.39, 0.29) is 29.3 Å². The van der Waals surface area contributed by atoms with Crippen LogP contribution in [0.3, 0.4) is 0 Å². The number of carbonyl (C=O) groups excluding carboxylic acids is 2. The van der Waals surface area contributed by atoms with Crippen molar-refractivity contribution in [3.63, 3.8) is 0 Å². The Morgan fingerprint density at radius 2 is 1.30 bits per heavy atom. The van der Waals surface area contributed by atoms with Crippen molar-refractivity contribution in [2.75, 3.05) is 128 Å². The highest BCUT2D eigenvalue weighted by molar-refractivity contribution is 7.85. The summed E-state index contributed by atoms with van der Waals surface area (Å²) >= 11 is 0. The maximum Gasteiger partial charge on any atom is 0.264 e. The lowest BCUT2D eigenvalue weighted by molar-refractivity contribution is -0.438. The molecule has 1 aromatic heterocycles. The number of fused-ring (bicyclic) bond motifs is 7. The Bertz CT molecular complexity index is 4780. The number of anilines is 2. The van der Waals surface area contributed by atoms with Gasteiger partial charge in [0.05, 0.1) is 102 Å². The van der Waals surface area contributed by atoms with Crippen molar-refractivity contribution in [3.8, 4) is 5.69 Å². The van der Waals surface area contributed by atoms with Gasteiger partial charge in [-0.1, -0.05) is 119 Å². The van der Waals surface area contributed by atoms with Crippen LogP contribution in [0.2, 0.25) is 0 Å². The van der Waals surface area contributed by atoms with Crippen LogP contribution in [-0.4, -0.2) is 180 Å². The van der Waals surface area contributed by atoms with Crippen LogP contribution < -0.4 is 15.5 Å². The summed E-state index contributed by atoms with van der Waals surface area (Å²) in [5.41, 5.74) is 16.1. The van der Waals surface area contributed by atoms with Crippen molar-refractivity contribution in [1.82, 2.24) is 20.0 Å². The zero-order valence-corrected chi connectivity index (χ0v) is 66.1. The van der Waals surface area contributed by atoms with E-state index in [1.54, 1.807) is 19.0 Å². The van der Waals surface area contributed by atoms with Gasteiger partial charge >= 0.3 is 0 Å². The van der Waals surface area contributed by atoms with Crippen LogP contribution in [0.4, 0.5) is 17.1 Å². The van der Waals surface area contributed by atoms with Crippen molar-refractivity contribution < 1.29 is 63.8 Å². The first-order valence-electron chi connectivity index (χ1n) is 38.3. The number of nitrogens with one attached hydrogen (secondary N) is 2. The average Bonchev–Trinajstić information content (AvgIpc) is 1.58. The number of unbranched alkanes of at least 4 members (excludes halogenated alkanes) is 2. The van der Waals surface area contributed by atoms with Crippen LogP contribution >= 0.6 is 0 Å². The molecule has 578 valence electrons. The smallest absolute Gasteiger partial charge is 0.264 e. The van der Waals surface area contributed by atoms with Gasteiger partial charge in [0.15, 0.2) is 11.5 Å². The Balaban J connectivity index is 0.650. The monoisotopic (exact) mass is 1510 g/mol.